The topological polar surface area (TPSA) is 86.7 Å². The van der Waals surface area contributed by atoms with Crippen LogP contribution < -0.4 is 5.32 Å². The summed E-state index contributed by atoms with van der Waals surface area (Å²) in [4.78, 5) is 34.1. The average molecular weight is 200 g/mol. The van der Waals surface area contributed by atoms with Crippen molar-refractivity contribution in [1.82, 2.24) is 10.2 Å². The molecule has 0 atom stereocenters. The maximum Gasteiger partial charge on any atom is 0.252 e. The lowest BCUT2D eigenvalue weighted by atomic mass is 10.4. The summed E-state index contributed by atoms with van der Waals surface area (Å²) in [5.74, 6) is -1.38. The van der Waals surface area contributed by atoms with E-state index < -0.39 is 18.4 Å². The number of likely N-dealkylation sites (tertiary alicyclic amines) is 1. The molecule has 0 aliphatic carbocycles. The van der Waals surface area contributed by atoms with Crippen LogP contribution in [0.4, 0.5) is 0 Å². The number of hydrogen-bond acceptors (Lipinski definition) is 4. The minimum Gasteiger partial charge on any atom is -0.387 e. The standard InChI is InChI=1S/C8H12N2O4/c11-5-7(13)9-6(12)4-10-3-1-2-8(10)14/h11H,1-5H2,(H,9,12,13). The molecule has 0 spiro atoms. The first-order valence-electron chi connectivity index (χ1n) is 4.35. The highest BCUT2D eigenvalue weighted by molar-refractivity contribution is 5.97. The molecule has 1 fully saturated rings. The maximum atomic E-state index is 11.1. The van der Waals surface area contributed by atoms with E-state index in [4.69, 9.17) is 5.11 Å². The van der Waals surface area contributed by atoms with Crippen LogP contribution in [0.2, 0.25) is 0 Å². The molecule has 0 bridgehead atoms. The quantitative estimate of drug-likeness (QED) is 0.565. The number of nitrogens with one attached hydrogen (secondary N) is 1. The van der Waals surface area contributed by atoms with Gasteiger partial charge in [0.05, 0.1) is 6.54 Å². The Bertz CT molecular complexity index is 264. The molecule has 0 aromatic heterocycles. The molecule has 6 heteroatoms. The molecule has 6 nitrogen and oxygen atoms in total. The van der Waals surface area contributed by atoms with Crippen molar-refractivity contribution in [3.05, 3.63) is 0 Å². The first-order valence-corrected chi connectivity index (χ1v) is 4.35. The van der Waals surface area contributed by atoms with E-state index in [9.17, 15) is 14.4 Å². The van der Waals surface area contributed by atoms with Crippen LogP contribution in [0.3, 0.4) is 0 Å². The van der Waals surface area contributed by atoms with Gasteiger partial charge >= 0.3 is 0 Å². The number of hydrogen-bond donors (Lipinski definition) is 2. The van der Waals surface area contributed by atoms with Crippen molar-refractivity contribution in [2.24, 2.45) is 0 Å². The Kier molecular flexibility index (Phi) is 3.58. The van der Waals surface area contributed by atoms with Crippen molar-refractivity contribution >= 4 is 17.7 Å². The summed E-state index contributed by atoms with van der Waals surface area (Å²) < 4.78 is 0. The number of imide groups is 1. The number of carbonyl (C=O) groups is 3. The van der Waals surface area contributed by atoms with Crippen LogP contribution in [0.1, 0.15) is 12.8 Å². The van der Waals surface area contributed by atoms with Crippen molar-refractivity contribution in [3.63, 3.8) is 0 Å². The summed E-state index contributed by atoms with van der Waals surface area (Å²) >= 11 is 0. The fourth-order valence-electron chi connectivity index (χ4n) is 1.28. The fourth-order valence-corrected chi connectivity index (χ4v) is 1.28. The van der Waals surface area contributed by atoms with Gasteiger partial charge in [0, 0.05) is 13.0 Å². The van der Waals surface area contributed by atoms with Crippen LogP contribution in [0.5, 0.6) is 0 Å². The summed E-state index contributed by atoms with van der Waals surface area (Å²) in [5, 5.41) is 10.3. The second-order valence-electron chi connectivity index (χ2n) is 3.05. The predicted molar refractivity (Wildman–Crippen MR) is 46.0 cm³/mol. The van der Waals surface area contributed by atoms with Crippen molar-refractivity contribution in [2.45, 2.75) is 12.8 Å². The van der Waals surface area contributed by atoms with E-state index in [0.717, 1.165) is 6.42 Å². The molecule has 1 aliphatic rings. The van der Waals surface area contributed by atoms with Crippen LogP contribution in [0.15, 0.2) is 0 Å². The van der Waals surface area contributed by atoms with Crippen LogP contribution in [0.25, 0.3) is 0 Å². The third-order valence-electron chi connectivity index (χ3n) is 1.93. The van der Waals surface area contributed by atoms with Crippen molar-refractivity contribution in [1.29, 1.82) is 0 Å². The van der Waals surface area contributed by atoms with Crippen LogP contribution in [-0.4, -0.2) is 47.4 Å². The van der Waals surface area contributed by atoms with E-state index in [1.165, 1.54) is 4.90 Å². The van der Waals surface area contributed by atoms with Crippen LogP contribution in [0, 0.1) is 0 Å². The van der Waals surface area contributed by atoms with Crippen molar-refractivity contribution in [2.75, 3.05) is 19.7 Å². The fraction of sp³-hybridized carbons (Fsp3) is 0.625. The summed E-state index contributed by atoms with van der Waals surface area (Å²) in [6, 6.07) is 0. The van der Waals surface area contributed by atoms with Gasteiger partial charge in [-0.25, -0.2) is 0 Å². The number of amides is 3. The molecule has 1 aliphatic heterocycles. The molecule has 1 heterocycles. The zero-order valence-electron chi connectivity index (χ0n) is 7.65. The maximum absolute atomic E-state index is 11.1. The van der Waals surface area contributed by atoms with Gasteiger partial charge in [-0.3, -0.25) is 19.7 Å². The zero-order valence-corrected chi connectivity index (χ0v) is 7.65. The van der Waals surface area contributed by atoms with Gasteiger partial charge in [0.25, 0.3) is 5.91 Å². The molecule has 0 radical (unpaired) electrons. The molecule has 2 N–H and O–H groups in total. The molecule has 78 valence electrons. The Morgan fingerprint density at radius 3 is 2.64 bits per heavy atom. The number of nitrogens with zero attached hydrogens (tertiary/aromatic N) is 1. The molecular formula is C8H12N2O4. The highest BCUT2D eigenvalue weighted by Crippen LogP contribution is 2.08. The predicted octanol–water partition coefficient (Wildman–Crippen LogP) is -1.76. The van der Waals surface area contributed by atoms with E-state index in [1.807, 2.05) is 5.32 Å². The minimum atomic E-state index is -0.748. The van der Waals surface area contributed by atoms with E-state index in [-0.39, 0.29) is 12.5 Å². The van der Waals surface area contributed by atoms with E-state index in [2.05, 4.69) is 0 Å². The number of carbonyl (C=O) groups excluding carboxylic acids is 3. The Morgan fingerprint density at radius 1 is 1.43 bits per heavy atom. The summed E-state index contributed by atoms with van der Waals surface area (Å²) in [6.07, 6.45) is 1.21. The second kappa shape index (κ2) is 4.71. The summed E-state index contributed by atoms with van der Waals surface area (Å²) in [6.45, 7) is -0.274. The molecule has 14 heavy (non-hydrogen) atoms. The molecule has 0 saturated carbocycles. The first kappa shape index (κ1) is 10.6. The van der Waals surface area contributed by atoms with Crippen LogP contribution in [-0.2, 0) is 14.4 Å². The zero-order chi connectivity index (χ0) is 10.6. The van der Waals surface area contributed by atoms with Gasteiger partial charge in [-0.1, -0.05) is 0 Å². The second-order valence-corrected chi connectivity index (χ2v) is 3.05. The average Bonchev–Trinajstić information content (AvgIpc) is 2.51. The molecule has 0 aromatic carbocycles. The Morgan fingerprint density at radius 2 is 2.14 bits per heavy atom. The monoisotopic (exact) mass is 200 g/mol. The van der Waals surface area contributed by atoms with Gasteiger partial charge in [-0.05, 0) is 6.42 Å². The minimum absolute atomic E-state index is 0.0726. The SMILES string of the molecule is O=C(CO)NC(=O)CN1CCCC1=O. The normalized spacial score (nSPS) is 15.8. The smallest absolute Gasteiger partial charge is 0.252 e. The third-order valence-corrected chi connectivity index (χ3v) is 1.93. The summed E-state index contributed by atoms with van der Waals surface area (Å²) in [5.41, 5.74) is 0. The highest BCUT2D eigenvalue weighted by atomic mass is 16.3. The van der Waals surface area contributed by atoms with Gasteiger partial charge < -0.3 is 10.0 Å². The molecule has 3 amide bonds. The Hall–Kier alpha value is -1.43. The van der Waals surface area contributed by atoms with Gasteiger partial charge in [0.2, 0.25) is 11.8 Å². The van der Waals surface area contributed by atoms with Gasteiger partial charge in [0.15, 0.2) is 0 Å². The Balaban J connectivity index is 2.33. The number of rotatable bonds is 3. The highest BCUT2D eigenvalue weighted by Gasteiger charge is 2.22. The first-order chi connectivity index (χ1) is 6.63. The largest absolute Gasteiger partial charge is 0.387 e. The van der Waals surface area contributed by atoms with E-state index >= 15 is 0 Å². The van der Waals surface area contributed by atoms with E-state index in [0.29, 0.717) is 13.0 Å². The van der Waals surface area contributed by atoms with Crippen molar-refractivity contribution in [3.8, 4) is 0 Å². The molecule has 1 rings (SSSR count). The lowest BCUT2D eigenvalue weighted by molar-refractivity contribution is -0.137. The molecule has 1 saturated heterocycles. The Labute approximate surface area is 80.9 Å². The lowest BCUT2D eigenvalue weighted by Gasteiger charge is -2.13. The third kappa shape index (κ3) is 2.81. The van der Waals surface area contributed by atoms with E-state index in [1.54, 1.807) is 0 Å². The van der Waals surface area contributed by atoms with Gasteiger partial charge in [-0.2, -0.15) is 0 Å². The molecule has 0 aromatic rings. The van der Waals surface area contributed by atoms with Crippen molar-refractivity contribution < 1.29 is 19.5 Å². The summed E-state index contributed by atoms with van der Waals surface area (Å²) in [7, 11) is 0. The number of aliphatic hydroxyl groups is 1. The lowest BCUT2D eigenvalue weighted by Crippen LogP contribution is -2.41. The van der Waals surface area contributed by atoms with Gasteiger partial charge in [-0.15, -0.1) is 0 Å². The van der Waals surface area contributed by atoms with Gasteiger partial charge in [0.1, 0.15) is 6.61 Å². The number of aliphatic hydroxyl groups excluding tert-OH is 1. The molecule has 0 unspecified atom stereocenters. The molecular weight excluding hydrogens is 188 g/mol. The van der Waals surface area contributed by atoms with Crippen LogP contribution >= 0.6 is 0 Å².